The Bertz CT molecular complexity index is 608. The molecule has 1 fully saturated rings. The molecule has 1 aliphatic rings. The van der Waals surface area contributed by atoms with Crippen molar-refractivity contribution in [2.45, 2.75) is 19.3 Å². The van der Waals surface area contributed by atoms with E-state index < -0.39 is 0 Å². The van der Waals surface area contributed by atoms with Gasteiger partial charge in [0.25, 0.3) is 0 Å². The highest BCUT2D eigenvalue weighted by molar-refractivity contribution is 5.64. The number of aromatic nitrogens is 2. The van der Waals surface area contributed by atoms with Crippen LogP contribution in [0.15, 0.2) is 36.4 Å². The lowest BCUT2D eigenvalue weighted by Crippen LogP contribution is -2.28. The molecule has 1 aliphatic heterocycles. The van der Waals surface area contributed by atoms with E-state index in [-0.39, 0.29) is 0 Å². The Kier molecular flexibility index (Phi) is 5.42. The molecule has 0 unspecified atom stereocenters. The zero-order valence-electron chi connectivity index (χ0n) is 13.7. The summed E-state index contributed by atoms with van der Waals surface area (Å²) in [6.45, 7) is 3.26. The van der Waals surface area contributed by atoms with Gasteiger partial charge in [-0.25, -0.2) is 4.98 Å². The lowest BCUT2D eigenvalue weighted by Gasteiger charge is -2.22. The van der Waals surface area contributed by atoms with Gasteiger partial charge in [-0.05, 0) is 38.3 Å². The molecule has 0 spiro atoms. The van der Waals surface area contributed by atoms with Crippen LogP contribution < -0.4 is 16.0 Å². The molecule has 0 amide bonds. The maximum atomic E-state index is 4.55. The van der Waals surface area contributed by atoms with Crippen LogP contribution in [0.1, 0.15) is 19.3 Å². The molecule has 0 saturated carbocycles. The third-order valence-electron chi connectivity index (χ3n) is 4.34. The van der Waals surface area contributed by atoms with Crippen molar-refractivity contribution in [1.82, 2.24) is 15.3 Å². The van der Waals surface area contributed by atoms with Gasteiger partial charge in [0.2, 0.25) is 5.95 Å². The van der Waals surface area contributed by atoms with Crippen LogP contribution in [0, 0.1) is 5.92 Å². The van der Waals surface area contributed by atoms with Gasteiger partial charge in [-0.1, -0.05) is 30.3 Å². The molecule has 3 rings (SSSR count). The number of anilines is 2. The highest BCUT2D eigenvalue weighted by Crippen LogP contribution is 2.22. The van der Waals surface area contributed by atoms with Gasteiger partial charge in [-0.3, -0.25) is 0 Å². The van der Waals surface area contributed by atoms with Gasteiger partial charge in [-0.2, -0.15) is 4.98 Å². The zero-order chi connectivity index (χ0) is 15.9. The molecule has 5 nitrogen and oxygen atoms in total. The van der Waals surface area contributed by atoms with Gasteiger partial charge in [-0.15, -0.1) is 0 Å². The minimum Gasteiger partial charge on any atom is -0.370 e. The molecule has 1 aromatic heterocycles. The first-order valence-corrected chi connectivity index (χ1v) is 8.42. The lowest BCUT2D eigenvalue weighted by atomic mass is 9.95. The van der Waals surface area contributed by atoms with E-state index >= 15 is 0 Å². The van der Waals surface area contributed by atoms with Crippen LogP contribution in [-0.2, 0) is 0 Å². The van der Waals surface area contributed by atoms with Crippen molar-refractivity contribution < 1.29 is 0 Å². The summed E-state index contributed by atoms with van der Waals surface area (Å²) in [5.74, 6) is 2.36. The first-order chi connectivity index (χ1) is 11.3. The van der Waals surface area contributed by atoms with Crippen molar-refractivity contribution >= 4 is 11.8 Å². The van der Waals surface area contributed by atoms with Crippen LogP contribution in [0.2, 0.25) is 0 Å². The molecule has 0 bridgehead atoms. The molecule has 0 radical (unpaired) electrons. The Hall–Kier alpha value is -2.14. The van der Waals surface area contributed by atoms with Crippen molar-refractivity contribution in [2.24, 2.45) is 5.92 Å². The van der Waals surface area contributed by atoms with Crippen LogP contribution in [0.4, 0.5) is 11.8 Å². The average Bonchev–Trinajstić information content (AvgIpc) is 2.63. The van der Waals surface area contributed by atoms with Crippen molar-refractivity contribution in [3.63, 3.8) is 0 Å². The molecule has 2 heterocycles. The maximum absolute atomic E-state index is 4.55. The Labute approximate surface area is 137 Å². The minimum atomic E-state index is 0.649. The van der Waals surface area contributed by atoms with Crippen molar-refractivity contribution in [3.8, 4) is 11.3 Å². The second kappa shape index (κ2) is 7.92. The van der Waals surface area contributed by atoms with Crippen molar-refractivity contribution in [1.29, 1.82) is 0 Å². The van der Waals surface area contributed by atoms with E-state index in [2.05, 4.69) is 38.1 Å². The van der Waals surface area contributed by atoms with Crippen LogP contribution in [0.25, 0.3) is 11.3 Å². The molecule has 122 valence electrons. The summed E-state index contributed by atoms with van der Waals surface area (Å²) < 4.78 is 0. The fourth-order valence-corrected chi connectivity index (χ4v) is 2.98. The van der Waals surface area contributed by atoms with Gasteiger partial charge in [0.1, 0.15) is 5.82 Å². The highest BCUT2D eigenvalue weighted by Gasteiger charge is 2.12. The summed E-state index contributed by atoms with van der Waals surface area (Å²) in [6, 6.07) is 12.2. The van der Waals surface area contributed by atoms with Crippen LogP contribution in [0.3, 0.4) is 0 Å². The van der Waals surface area contributed by atoms with E-state index in [4.69, 9.17) is 0 Å². The number of rotatable bonds is 6. The van der Waals surface area contributed by atoms with Crippen molar-refractivity contribution in [2.75, 3.05) is 37.3 Å². The number of benzene rings is 1. The summed E-state index contributed by atoms with van der Waals surface area (Å²) in [5.41, 5.74) is 2.04. The monoisotopic (exact) mass is 311 g/mol. The number of nitrogens with zero attached hydrogens (tertiary/aromatic N) is 2. The molecular formula is C18H25N5. The van der Waals surface area contributed by atoms with Crippen LogP contribution in [-0.4, -0.2) is 36.6 Å². The first-order valence-electron chi connectivity index (χ1n) is 8.42. The Morgan fingerprint density at radius 2 is 1.91 bits per heavy atom. The summed E-state index contributed by atoms with van der Waals surface area (Å²) in [4.78, 5) is 9.06. The van der Waals surface area contributed by atoms with E-state index in [1.165, 1.54) is 19.3 Å². The van der Waals surface area contributed by atoms with Gasteiger partial charge < -0.3 is 16.0 Å². The van der Waals surface area contributed by atoms with Crippen LogP contribution >= 0.6 is 0 Å². The molecule has 0 aliphatic carbocycles. The third kappa shape index (κ3) is 4.42. The quantitative estimate of drug-likeness (QED) is 0.765. The Morgan fingerprint density at radius 1 is 1.13 bits per heavy atom. The molecule has 5 heteroatoms. The fourth-order valence-electron chi connectivity index (χ4n) is 2.98. The van der Waals surface area contributed by atoms with Crippen LogP contribution in [0.5, 0.6) is 0 Å². The number of hydrogen-bond acceptors (Lipinski definition) is 5. The van der Waals surface area contributed by atoms with Gasteiger partial charge in [0.15, 0.2) is 0 Å². The summed E-state index contributed by atoms with van der Waals surface area (Å²) in [5, 5.41) is 9.93. The van der Waals surface area contributed by atoms with Crippen molar-refractivity contribution in [3.05, 3.63) is 36.4 Å². The molecule has 3 N–H and O–H groups in total. The SMILES string of the molecule is CNc1nc(NCCC2CCNCC2)cc(-c2ccccc2)n1. The smallest absolute Gasteiger partial charge is 0.224 e. The van der Waals surface area contributed by atoms with E-state index in [1.54, 1.807) is 0 Å². The second-order valence-corrected chi connectivity index (χ2v) is 5.99. The van der Waals surface area contributed by atoms with E-state index in [0.717, 1.165) is 42.6 Å². The summed E-state index contributed by atoms with van der Waals surface area (Å²) in [6.07, 6.45) is 3.76. The summed E-state index contributed by atoms with van der Waals surface area (Å²) >= 11 is 0. The molecule has 0 atom stereocenters. The Balaban J connectivity index is 1.66. The summed E-state index contributed by atoms with van der Waals surface area (Å²) in [7, 11) is 1.85. The van der Waals surface area contributed by atoms with E-state index in [0.29, 0.717) is 5.95 Å². The van der Waals surface area contributed by atoms with E-state index in [1.807, 2.05) is 31.3 Å². The number of piperidine rings is 1. The molecule has 23 heavy (non-hydrogen) atoms. The molecular weight excluding hydrogens is 286 g/mol. The lowest BCUT2D eigenvalue weighted by molar-refractivity contribution is 0.361. The first kappa shape index (κ1) is 15.7. The van der Waals surface area contributed by atoms with Gasteiger partial charge in [0, 0.05) is 25.2 Å². The maximum Gasteiger partial charge on any atom is 0.224 e. The highest BCUT2D eigenvalue weighted by atomic mass is 15.1. The van der Waals surface area contributed by atoms with Gasteiger partial charge in [0.05, 0.1) is 5.69 Å². The average molecular weight is 311 g/mol. The largest absolute Gasteiger partial charge is 0.370 e. The fraction of sp³-hybridized carbons (Fsp3) is 0.444. The number of hydrogen-bond donors (Lipinski definition) is 3. The predicted molar refractivity (Wildman–Crippen MR) is 95.7 cm³/mol. The van der Waals surface area contributed by atoms with E-state index in [9.17, 15) is 0 Å². The normalized spacial score (nSPS) is 15.3. The number of nitrogens with one attached hydrogen (secondary N) is 3. The van der Waals surface area contributed by atoms with Gasteiger partial charge >= 0.3 is 0 Å². The molecule has 1 aromatic carbocycles. The standard InChI is InChI=1S/C18H25N5/c1-19-18-22-16(15-5-3-2-4-6-15)13-17(23-18)21-12-9-14-7-10-20-11-8-14/h2-6,13-14,20H,7-12H2,1H3,(H2,19,21,22,23). The zero-order valence-corrected chi connectivity index (χ0v) is 13.7. The second-order valence-electron chi connectivity index (χ2n) is 5.99. The predicted octanol–water partition coefficient (Wildman–Crippen LogP) is 2.99. The minimum absolute atomic E-state index is 0.649. The third-order valence-corrected chi connectivity index (χ3v) is 4.34. The molecule has 2 aromatic rings. The Morgan fingerprint density at radius 3 is 2.65 bits per heavy atom. The topological polar surface area (TPSA) is 61.9 Å². The molecule has 1 saturated heterocycles.